The smallest absolute Gasteiger partial charge is 0.313 e. The molecule has 112 valence electrons. The van der Waals surface area contributed by atoms with Crippen LogP contribution in [-0.2, 0) is 11.3 Å². The van der Waals surface area contributed by atoms with E-state index in [-0.39, 0.29) is 5.75 Å². The topological polar surface area (TPSA) is 68.0 Å². The highest BCUT2D eigenvalue weighted by Crippen LogP contribution is 2.35. The van der Waals surface area contributed by atoms with Gasteiger partial charge in [0.15, 0.2) is 5.16 Å². The molecule has 0 atom stereocenters. The Morgan fingerprint density at radius 1 is 1.35 bits per heavy atom. The molecule has 0 aliphatic heterocycles. The maximum atomic E-state index is 10.7. The lowest BCUT2D eigenvalue weighted by molar-refractivity contribution is -0.133. The lowest BCUT2D eigenvalue weighted by Crippen LogP contribution is -2.16. The number of hydrogen-bond acceptors (Lipinski definition) is 4. The minimum Gasteiger partial charge on any atom is -0.481 e. The van der Waals surface area contributed by atoms with Gasteiger partial charge >= 0.3 is 5.97 Å². The molecule has 0 radical (unpaired) electrons. The highest BCUT2D eigenvalue weighted by Gasteiger charge is 2.25. The summed E-state index contributed by atoms with van der Waals surface area (Å²) in [6.45, 7) is 5.30. The highest BCUT2D eigenvalue weighted by atomic mass is 32.2. The fourth-order valence-electron chi connectivity index (χ4n) is 2.79. The van der Waals surface area contributed by atoms with Crippen molar-refractivity contribution < 1.29 is 9.90 Å². The summed E-state index contributed by atoms with van der Waals surface area (Å²) in [7, 11) is 0. The van der Waals surface area contributed by atoms with Crippen molar-refractivity contribution >= 4 is 17.7 Å². The van der Waals surface area contributed by atoms with Crippen LogP contribution in [-0.4, -0.2) is 31.6 Å². The molecule has 0 saturated heterocycles. The average molecular weight is 297 g/mol. The molecule has 1 saturated carbocycles. The Bertz CT molecular complexity index is 453. The first-order chi connectivity index (χ1) is 9.61. The first kappa shape index (κ1) is 15.4. The van der Waals surface area contributed by atoms with Gasteiger partial charge in [-0.2, -0.15) is 0 Å². The SMILES string of the molecule is CCCn1c(SCC(=O)O)nnc1C1CCC(C)CC1. The maximum Gasteiger partial charge on any atom is 0.313 e. The number of aliphatic carboxylic acids is 1. The van der Waals surface area contributed by atoms with Crippen molar-refractivity contribution in [2.45, 2.75) is 63.6 Å². The number of hydrogen-bond donors (Lipinski definition) is 1. The van der Waals surface area contributed by atoms with Crippen LogP contribution in [0.25, 0.3) is 0 Å². The zero-order valence-corrected chi connectivity index (χ0v) is 13.0. The molecule has 1 aliphatic rings. The highest BCUT2D eigenvalue weighted by molar-refractivity contribution is 7.99. The van der Waals surface area contributed by atoms with Crippen LogP contribution in [0.5, 0.6) is 0 Å². The third-order valence-corrected chi connectivity index (χ3v) is 4.85. The van der Waals surface area contributed by atoms with E-state index in [9.17, 15) is 4.79 Å². The van der Waals surface area contributed by atoms with Crippen molar-refractivity contribution in [3.63, 3.8) is 0 Å². The fourth-order valence-corrected chi connectivity index (χ4v) is 3.48. The van der Waals surface area contributed by atoms with E-state index in [1.807, 2.05) is 0 Å². The van der Waals surface area contributed by atoms with E-state index in [4.69, 9.17) is 5.11 Å². The molecule has 1 heterocycles. The van der Waals surface area contributed by atoms with Crippen LogP contribution in [0.1, 0.15) is 57.7 Å². The van der Waals surface area contributed by atoms with Gasteiger partial charge in [-0.25, -0.2) is 0 Å². The molecule has 20 heavy (non-hydrogen) atoms. The molecule has 0 unspecified atom stereocenters. The van der Waals surface area contributed by atoms with Crippen LogP contribution < -0.4 is 0 Å². The van der Waals surface area contributed by atoms with Crippen molar-refractivity contribution in [3.05, 3.63) is 5.82 Å². The number of aromatic nitrogens is 3. The molecule has 0 spiro atoms. The standard InChI is InChI=1S/C14H23N3O2S/c1-3-8-17-13(11-6-4-10(2)5-7-11)15-16-14(17)20-9-12(18)19/h10-11H,3-9H2,1-2H3,(H,18,19). The number of carbonyl (C=O) groups is 1. The molecule has 1 N–H and O–H groups in total. The van der Waals surface area contributed by atoms with Gasteiger partial charge in [0.2, 0.25) is 0 Å². The molecule has 1 aromatic heterocycles. The summed E-state index contributed by atoms with van der Waals surface area (Å²) >= 11 is 1.27. The van der Waals surface area contributed by atoms with Gasteiger partial charge < -0.3 is 9.67 Å². The van der Waals surface area contributed by atoms with Crippen LogP contribution in [0.15, 0.2) is 5.16 Å². The molecule has 0 amide bonds. The van der Waals surface area contributed by atoms with Gasteiger partial charge in [0.1, 0.15) is 5.82 Å². The summed E-state index contributed by atoms with van der Waals surface area (Å²) in [5, 5.41) is 18.1. The van der Waals surface area contributed by atoms with Crippen molar-refractivity contribution in [2.75, 3.05) is 5.75 Å². The zero-order chi connectivity index (χ0) is 14.5. The monoisotopic (exact) mass is 297 g/mol. The Morgan fingerprint density at radius 3 is 2.65 bits per heavy atom. The van der Waals surface area contributed by atoms with Crippen molar-refractivity contribution in [2.24, 2.45) is 5.92 Å². The summed E-state index contributed by atoms with van der Waals surface area (Å²) < 4.78 is 2.13. The second kappa shape index (κ2) is 7.11. The largest absolute Gasteiger partial charge is 0.481 e. The van der Waals surface area contributed by atoms with Crippen molar-refractivity contribution in [1.29, 1.82) is 0 Å². The maximum absolute atomic E-state index is 10.7. The third-order valence-electron chi connectivity index (χ3n) is 3.90. The van der Waals surface area contributed by atoms with E-state index in [0.29, 0.717) is 5.92 Å². The van der Waals surface area contributed by atoms with Crippen LogP contribution in [0.3, 0.4) is 0 Å². The summed E-state index contributed by atoms with van der Waals surface area (Å²) in [4.78, 5) is 10.7. The van der Waals surface area contributed by atoms with E-state index >= 15 is 0 Å². The summed E-state index contributed by atoms with van der Waals surface area (Å²) in [5.41, 5.74) is 0. The first-order valence-electron chi connectivity index (χ1n) is 7.39. The molecule has 1 aromatic rings. The second-order valence-electron chi connectivity index (χ2n) is 5.63. The lowest BCUT2D eigenvalue weighted by atomic mass is 9.82. The van der Waals surface area contributed by atoms with E-state index < -0.39 is 5.97 Å². The van der Waals surface area contributed by atoms with E-state index in [0.717, 1.165) is 29.9 Å². The number of rotatable bonds is 6. The minimum absolute atomic E-state index is 0.0452. The quantitative estimate of drug-likeness (QED) is 0.817. The Morgan fingerprint density at radius 2 is 2.05 bits per heavy atom. The van der Waals surface area contributed by atoms with Crippen molar-refractivity contribution in [1.82, 2.24) is 14.8 Å². The Balaban J connectivity index is 2.13. The van der Waals surface area contributed by atoms with Crippen molar-refractivity contribution in [3.8, 4) is 0 Å². The molecule has 6 heteroatoms. The average Bonchev–Trinajstić information content (AvgIpc) is 2.81. The molecule has 1 aliphatic carbocycles. The zero-order valence-electron chi connectivity index (χ0n) is 12.2. The van der Waals surface area contributed by atoms with Crippen LogP contribution >= 0.6 is 11.8 Å². The molecule has 0 bridgehead atoms. The molecule has 0 aromatic carbocycles. The normalized spacial score (nSPS) is 22.9. The van der Waals surface area contributed by atoms with Crippen LogP contribution in [0, 0.1) is 5.92 Å². The van der Waals surface area contributed by atoms with E-state index in [1.165, 1.54) is 37.4 Å². The summed E-state index contributed by atoms with van der Waals surface area (Å²) in [6, 6.07) is 0. The van der Waals surface area contributed by atoms with Gasteiger partial charge in [-0.3, -0.25) is 4.79 Å². The number of carboxylic acids is 1. The van der Waals surface area contributed by atoms with Gasteiger partial charge in [-0.05, 0) is 25.2 Å². The van der Waals surface area contributed by atoms with Gasteiger partial charge in [-0.15, -0.1) is 10.2 Å². The molecular weight excluding hydrogens is 274 g/mol. The van der Waals surface area contributed by atoms with Gasteiger partial charge in [0, 0.05) is 12.5 Å². The Labute approximate surface area is 124 Å². The predicted molar refractivity (Wildman–Crippen MR) is 79.0 cm³/mol. The first-order valence-corrected chi connectivity index (χ1v) is 8.38. The summed E-state index contributed by atoms with van der Waals surface area (Å²) in [6.07, 6.45) is 5.86. The summed E-state index contributed by atoms with van der Waals surface area (Å²) in [5.74, 6) is 1.60. The van der Waals surface area contributed by atoms with Gasteiger partial charge in [-0.1, -0.05) is 38.5 Å². The Kier molecular flexibility index (Phi) is 5.46. The van der Waals surface area contributed by atoms with Gasteiger partial charge in [0.05, 0.1) is 5.75 Å². The van der Waals surface area contributed by atoms with E-state index in [2.05, 4.69) is 28.6 Å². The van der Waals surface area contributed by atoms with Gasteiger partial charge in [0.25, 0.3) is 0 Å². The molecule has 2 rings (SSSR count). The Hall–Kier alpha value is -1.04. The lowest BCUT2D eigenvalue weighted by Gasteiger charge is -2.25. The van der Waals surface area contributed by atoms with Crippen LogP contribution in [0.4, 0.5) is 0 Å². The minimum atomic E-state index is -0.811. The molecule has 5 nitrogen and oxygen atoms in total. The molecule has 1 fully saturated rings. The fraction of sp³-hybridized carbons (Fsp3) is 0.786. The molecular formula is C14H23N3O2S. The predicted octanol–water partition coefficient (Wildman–Crippen LogP) is 3.16. The second-order valence-corrected chi connectivity index (χ2v) is 6.57. The van der Waals surface area contributed by atoms with Crippen LogP contribution in [0.2, 0.25) is 0 Å². The van der Waals surface area contributed by atoms with E-state index in [1.54, 1.807) is 0 Å². The third kappa shape index (κ3) is 3.75. The number of carboxylic acid groups (broad SMARTS) is 1. The number of nitrogens with zero attached hydrogens (tertiary/aromatic N) is 3. The number of thioether (sulfide) groups is 1.